The highest BCUT2D eigenvalue weighted by molar-refractivity contribution is 6.31. The Morgan fingerprint density at radius 3 is 2.75 bits per heavy atom. The Balaban J connectivity index is 0.00000380. The third kappa shape index (κ3) is 6.25. The molecule has 0 saturated carbocycles. The molecule has 4 rings (SSSR count). The first-order valence-electron chi connectivity index (χ1n) is 11.0. The molecule has 3 heterocycles. The van der Waals surface area contributed by atoms with Crippen molar-refractivity contribution in [3.05, 3.63) is 71.4 Å². The first kappa shape index (κ1) is 24.9. The number of carbonyl (C=O) groups is 2. The molecule has 0 aliphatic rings. The van der Waals surface area contributed by atoms with Crippen LogP contribution in [-0.4, -0.2) is 51.1 Å². The van der Waals surface area contributed by atoms with Crippen molar-refractivity contribution in [2.75, 3.05) is 18.4 Å². The fourth-order valence-corrected chi connectivity index (χ4v) is 3.47. The summed E-state index contributed by atoms with van der Waals surface area (Å²) >= 11 is 6.04. The molecule has 0 radical (unpaired) electrons. The van der Waals surface area contributed by atoms with Crippen molar-refractivity contribution in [2.45, 2.75) is 19.6 Å². The van der Waals surface area contributed by atoms with E-state index in [4.69, 9.17) is 16.3 Å². The molecule has 12 heteroatoms. The lowest BCUT2D eigenvalue weighted by atomic mass is 10.2. The summed E-state index contributed by atoms with van der Waals surface area (Å²) in [5.41, 5.74) is 2.04. The van der Waals surface area contributed by atoms with E-state index in [2.05, 4.69) is 35.9 Å². The van der Waals surface area contributed by atoms with Crippen molar-refractivity contribution in [3.63, 3.8) is 0 Å². The molecule has 0 fully saturated rings. The summed E-state index contributed by atoms with van der Waals surface area (Å²) in [4.78, 5) is 39.7. The van der Waals surface area contributed by atoms with Crippen molar-refractivity contribution < 1.29 is 24.4 Å². The smallest absolute Gasteiger partial charge is 0.407 e. The highest BCUT2D eigenvalue weighted by Crippen LogP contribution is 2.28. The normalized spacial score (nSPS) is 11.6. The molecule has 4 aromatic rings. The van der Waals surface area contributed by atoms with Crippen LogP contribution in [0, 0.1) is 5.82 Å². The number of nitrogens with one attached hydrogen (secondary N) is 4. The van der Waals surface area contributed by atoms with Gasteiger partial charge >= 0.3 is 6.09 Å². The molecule has 4 N–H and O–H groups in total. The third-order valence-corrected chi connectivity index (χ3v) is 5.34. The Bertz CT molecular complexity index is 1390. The molecule has 1 aromatic carbocycles. The summed E-state index contributed by atoms with van der Waals surface area (Å²) in [5.74, 6) is -1.01. The fourth-order valence-electron chi connectivity index (χ4n) is 3.31. The standard InChI is InChI=1S/C24H23ClFN7O3.4H2/c1-14(23(34)27-7-8-28-24(35)36-13-15-5-3-2-4-6-15)32-22-19(26)12-31-21(33-22)18-11-30-20-17(18)9-16(25)10-29-20;;;;/h2-6,9-12,14H,7-8,13H2,1H3,(H,27,34)(H,28,35)(H,29,30)(H,31,32,33);4*1H/t14-;;;;/m0..../s1. The number of carbonyl (C=O) groups excluding carboxylic acids is 2. The molecule has 0 aliphatic heterocycles. The van der Waals surface area contributed by atoms with Gasteiger partial charge in [-0.05, 0) is 18.6 Å². The Morgan fingerprint density at radius 1 is 1.17 bits per heavy atom. The average Bonchev–Trinajstić information content (AvgIpc) is 3.30. The number of nitrogens with zero attached hydrogens (tertiary/aromatic N) is 3. The summed E-state index contributed by atoms with van der Waals surface area (Å²) in [5, 5.41) is 9.09. The first-order valence-corrected chi connectivity index (χ1v) is 11.4. The average molecular weight is 520 g/mol. The summed E-state index contributed by atoms with van der Waals surface area (Å²) < 4.78 is 19.5. The van der Waals surface area contributed by atoms with Crippen LogP contribution in [-0.2, 0) is 16.1 Å². The van der Waals surface area contributed by atoms with E-state index in [9.17, 15) is 14.0 Å². The molecule has 0 bridgehead atoms. The number of amides is 2. The van der Waals surface area contributed by atoms with E-state index in [0.717, 1.165) is 11.8 Å². The number of H-pyrrole nitrogens is 1. The number of hydrogen-bond donors (Lipinski definition) is 4. The summed E-state index contributed by atoms with van der Waals surface area (Å²) in [6.07, 6.45) is 3.59. The van der Waals surface area contributed by atoms with Crippen LogP contribution in [0.5, 0.6) is 0 Å². The SMILES string of the molecule is C[C@H](Nc1nc(-c2c[nH]c3ncc(Cl)cc23)ncc1F)C(=O)NCCNC(=O)OCc1ccccc1.[HH].[HH].[HH].[HH]. The molecule has 0 spiro atoms. The van der Waals surface area contributed by atoms with Gasteiger partial charge in [-0.3, -0.25) is 4.79 Å². The Labute approximate surface area is 216 Å². The lowest BCUT2D eigenvalue weighted by Gasteiger charge is -2.15. The van der Waals surface area contributed by atoms with Crippen LogP contribution in [0.3, 0.4) is 0 Å². The quantitative estimate of drug-likeness (QED) is 0.237. The molecule has 10 nitrogen and oxygen atoms in total. The molecule has 3 aromatic heterocycles. The van der Waals surface area contributed by atoms with Crippen molar-refractivity contribution in [1.29, 1.82) is 0 Å². The van der Waals surface area contributed by atoms with E-state index >= 15 is 0 Å². The minimum Gasteiger partial charge on any atom is -0.445 e. The predicted octanol–water partition coefficient (Wildman–Crippen LogP) is 4.64. The van der Waals surface area contributed by atoms with Crippen molar-refractivity contribution in [1.82, 2.24) is 30.6 Å². The zero-order valence-corrected chi connectivity index (χ0v) is 20.0. The van der Waals surface area contributed by atoms with E-state index in [-0.39, 0.29) is 37.0 Å². The van der Waals surface area contributed by atoms with Gasteiger partial charge in [-0.2, -0.15) is 0 Å². The predicted molar refractivity (Wildman–Crippen MR) is 141 cm³/mol. The minimum atomic E-state index is -0.814. The first-order chi connectivity index (χ1) is 17.4. The molecule has 0 saturated heterocycles. The van der Waals surface area contributed by atoms with Gasteiger partial charge in [0.05, 0.1) is 11.2 Å². The van der Waals surface area contributed by atoms with Crippen LogP contribution < -0.4 is 16.0 Å². The Kier molecular flexibility index (Phi) is 7.91. The number of benzene rings is 1. The zero-order valence-electron chi connectivity index (χ0n) is 19.2. The minimum absolute atomic E-state index is 0. The molecule has 1 atom stereocenters. The second-order valence-electron chi connectivity index (χ2n) is 7.79. The number of rotatable bonds is 9. The fraction of sp³-hybridized carbons (Fsp3) is 0.208. The van der Waals surface area contributed by atoms with Crippen LogP contribution in [0.2, 0.25) is 5.02 Å². The number of fused-ring (bicyclic) bond motifs is 1. The van der Waals surface area contributed by atoms with E-state index in [0.29, 0.717) is 21.6 Å². The number of halogens is 2. The monoisotopic (exact) mass is 519 g/mol. The number of alkyl carbamates (subject to hydrolysis) is 1. The number of aromatic amines is 1. The molecule has 2 amide bonds. The highest BCUT2D eigenvalue weighted by Gasteiger charge is 2.18. The van der Waals surface area contributed by atoms with Gasteiger partial charge < -0.3 is 25.7 Å². The molecule has 36 heavy (non-hydrogen) atoms. The summed E-state index contributed by atoms with van der Waals surface area (Å²) in [6, 6.07) is 10.2. The maximum atomic E-state index is 14.4. The number of ether oxygens (including phenoxy) is 1. The van der Waals surface area contributed by atoms with Crippen LogP contribution in [0.4, 0.5) is 15.0 Å². The molecule has 0 aliphatic carbocycles. The lowest BCUT2D eigenvalue weighted by molar-refractivity contribution is -0.121. The summed E-state index contributed by atoms with van der Waals surface area (Å²) in [7, 11) is 0. The van der Waals surface area contributed by atoms with E-state index in [1.807, 2.05) is 30.3 Å². The van der Waals surface area contributed by atoms with Crippen LogP contribution >= 0.6 is 11.6 Å². The topological polar surface area (TPSA) is 134 Å². The largest absolute Gasteiger partial charge is 0.445 e. The summed E-state index contributed by atoms with van der Waals surface area (Å²) in [6.45, 7) is 2.03. The molecular formula is C24H31ClFN7O3. The lowest BCUT2D eigenvalue weighted by Crippen LogP contribution is -2.41. The number of hydrogen-bond acceptors (Lipinski definition) is 7. The van der Waals surface area contributed by atoms with Crippen molar-refractivity contribution >= 4 is 40.5 Å². The van der Waals surface area contributed by atoms with E-state index < -0.39 is 23.9 Å². The van der Waals surface area contributed by atoms with Gasteiger partial charge in [-0.15, -0.1) is 0 Å². The maximum Gasteiger partial charge on any atom is 0.407 e. The maximum absolute atomic E-state index is 14.4. The zero-order chi connectivity index (χ0) is 25.5. The molecule has 0 unspecified atom stereocenters. The van der Waals surface area contributed by atoms with Crippen LogP contribution in [0.1, 0.15) is 18.2 Å². The van der Waals surface area contributed by atoms with Gasteiger partial charge in [-0.25, -0.2) is 24.1 Å². The van der Waals surface area contributed by atoms with Crippen molar-refractivity contribution in [2.24, 2.45) is 0 Å². The number of aromatic nitrogens is 4. The van der Waals surface area contributed by atoms with Crippen LogP contribution in [0.15, 0.2) is 55.0 Å². The van der Waals surface area contributed by atoms with E-state index in [1.54, 1.807) is 19.2 Å². The van der Waals surface area contributed by atoms with Gasteiger partial charge in [-0.1, -0.05) is 41.9 Å². The second-order valence-corrected chi connectivity index (χ2v) is 8.22. The molecular weight excluding hydrogens is 489 g/mol. The van der Waals surface area contributed by atoms with Crippen molar-refractivity contribution in [3.8, 4) is 11.4 Å². The van der Waals surface area contributed by atoms with Gasteiger partial charge in [0, 0.05) is 42.1 Å². The third-order valence-electron chi connectivity index (χ3n) is 5.14. The van der Waals surface area contributed by atoms with E-state index in [1.165, 1.54) is 6.20 Å². The van der Waals surface area contributed by atoms with Crippen LogP contribution in [0.25, 0.3) is 22.4 Å². The van der Waals surface area contributed by atoms with Gasteiger partial charge in [0.2, 0.25) is 5.91 Å². The van der Waals surface area contributed by atoms with Gasteiger partial charge in [0.15, 0.2) is 17.5 Å². The Morgan fingerprint density at radius 2 is 1.94 bits per heavy atom. The van der Waals surface area contributed by atoms with Gasteiger partial charge in [0.25, 0.3) is 0 Å². The van der Waals surface area contributed by atoms with Gasteiger partial charge in [0.1, 0.15) is 18.3 Å². The molecule has 194 valence electrons. The second kappa shape index (κ2) is 11.5. The number of pyridine rings is 1. The highest BCUT2D eigenvalue weighted by atomic mass is 35.5. The Hall–Kier alpha value is -4.25. The number of anilines is 1.